The third kappa shape index (κ3) is 28.6. The number of aromatic amines is 1. The molecule has 2 aromatic heterocycles. The van der Waals surface area contributed by atoms with Crippen LogP contribution in [0.5, 0.6) is 6.01 Å². The van der Waals surface area contributed by atoms with E-state index >= 15 is 0 Å². The van der Waals surface area contributed by atoms with Crippen LogP contribution in [0.15, 0.2) is 4.79 Å². The Bertz CT molecular complexity index is 1820. The molecule has 0 amide bonds. The topological polar surface area (TPSA) is 293 Å². The molecule has 2 aromatic rings. The zero-order valence-corrected chi connectivity index (χ0v) is 43.2. The Morgan fingerprint density at radius 1 is 0.704 bits per heavy atom. The monoisotopic (exact) mass is 1040 g/mol. The lowest BCUT2D eigenvalue weighted by Crippen LogP contribution is -2.37. The second-order valence-electron chi connectivity index (χ2n) is 16.2. The molecule has 0 aliphatic carbocycles. The van der Waals surface area contributed by atoms with Gasteiger partial charge in [0.05, 0.1) is 138 Å². The summed E-state index contributed by atoms with van der Waals surface area (Å²) in [6.07, 6.45) is 3.14. The summed E-state index contributed by atoms with van der Waals surface area (Å²) in [5.74, 6) is -0.374. The van der Waals surface area contributed by atoms with Gasteiger partial charge >= 0.3 is 31.5 Å². The molecule has 0 bridgehead atoms. The molecule has 410 valence electrons. The van der Waals surface area contributed by atoms with Gasteiger partial charge in [-0.3, -0.25) is 23.2 Å². The highest BCUT2D eigenvalue weighted by Crippen LogP contribution is 2.42. The molecule has 71 heavy (non-hydrogen) atoms. The second-order valence-corrected chi connectivity index (χ2v) is 17.7. The highest BCUT2D eigenvalue weighted by Gasteiger charge is 2.25. The maximum absolute atomic E-state index is 12.8. The van der Waals surface area contributed by atoms with Gasteiger partial charge in [-0.25, -0.2) is 9.36 Å². The average Bonchev–Trinajstić information content (AvgIpc) is 3.66. The third-order valence-corrected chi connectivity index (χ3v) is 11.5. The number of hydrogen-bond acceptors (Lipinski definition) is 22. The fraction of sp³-hybridized carbons (Fsp3) is 0.844. The minimum Gasteiger partial charge on any atom is -0.462 e. The number of esters is 2. The number of carbonyl (C=O) groups is 2. The van der Waals surface area contributed by atoms with Gasteiger partial charge in [0.1, 0.15) is 12.1 Å². The number of nitrogens with zero attached hydrogens (tertiary/aromatic N) is 4. The molecule has 4 N–H and O–H groups in total. The van der Waals surface area contributed by atoms with E-state index in [1.165, 1.54) is 0 Å². The second kappa shape index (κ2) is 38.2. The number of nitrogens with two attached hydrogens (primary N) is 1. The molecule has 1 aliphatic rings. The summed E-state index contributed by atoms with van der Waals surface area (Å²) in [5, 5.41) is 0. The van der Waals surface area contributed by atoms with Crippen molar-refractivity contribution in [3.63, 3.8) is 0 Å². The first-order valence-electron chi connectivity index (χ1n) is 24.8. The number of nitrogens with one attached hydrogen (secondary N) is 1. The molecule has 0 aromatic carbocycles. The number of ether oxygens (including phenoxy) is 12. The van der Waals surface area contributed by atoms with E-state index in [9.17, 15) is 23.8 Å². The molecule has 1 aliphatic heterocycles. The van der Waals surface area contributed by atoms with Crippen molar-refractivity contribution in [3.05, 3.63) is 10.5 Å². The number of nitrogen functional groups attached to an aromatic ring is 1. The number of likely N-dealkylation sites (tertiary alicyclic amines) is 1. The number of phosphoric acid groups is 1. The van der Waals surface area contributed by atoms with Crippen molar-refractivity contribution in [3.8, 4) is 6.01 Å². The Balaban J connectivity index is 1.03. The van der Waals surface area contributed by atoms with E-state index in [0.717, 1.165) is 38.8 Å². The number of aromatic nitrogens is 4. The average molecular weight is 1040 g/mol. The van der Waals surface area contributed by atoms with Crippen LogP contribution >= 0.6 is 7.82 Å². The Hall–Kier alpha value is -3.40. The maximum atomic E-state index is 12.8. The number of piperidine rings is 1. The molecule has 1 unspecified atom stereocenters. The third-order valence-electron chi connectivity index (χ3n) is 10.5. The molecule has 25 nitrogen and oxygen atoms in total. The van der Waals surface area contributed by atoms with Gasteiger partial charge in [0, 0.05) is 25.9 Å². The number of hydrogen-bond donors (Lipinski definition) is 3. The van der Waals surface area contributed by atoms with Crippen LogP contribution in [0, 0.1) is 5.92 Å². The fourth-order valence-electron chi connectivity index (χ4n) is 6.73. The first-order chi connectivity index (χ1) is 34.4. The molecular formula is C45H81N6O19P. The lowest BCUT2D eigenvalue weighted by molar-refractivity contribution is -0.162. The highest BCUT2D eigenvalue weighted by atomic mass is 31.2. The van der Waals surface area contributed by atoms with E-state index in [2.05, 4.69) is 26.8 Å². The SMILES string of the molecule is CCC[C@H](C)Oc1nc(N)c2[nH]c(=O)n(CC3CCN(CCOP(=O)(O)OCCOCCOCCOCCOCCOCCOCCOCCOCCOC[C@@H](COC(=O)CC)OC(=O)CC)CC3)c2n1. The fourth-order valence-corrected chi connectivity index (χ4v) is 7.42. The lowest BCUT2D eigenvalue weighted by atomic mass is 9.97. The minimum absolute atomic E-state index is 0.0243. The van der Waals surface area contributed by atoms with Crippen LogP contribution in [0.4, 0.5) is 5.82 Å². The van der Waals surface area contributed by atoms with E-state index < -0.39 is 19.9 Å². The Labute approximate surface area is 416 Å². The number of rotatable bonds is 45. The number of fused-ring (bicyclic) bond motifs is 1. The normalized spacial score (nSPS) is 15.2. The van der Waals surface area contributed by atoms with Crippen molar-refractivity contribution in [1.29, 1.82) is 0 Å². The molecule has 0 radical (unpaired) electrons. The van der Waals surface area contributed by atoms with Gasteiger partial charge in [-0.2, -0.15) is 9.97 Å². The molecule has 26 heteroatoms. The van der Waals surface area contributed by atoms with Crippen molar-refractivity contribution in [1.82, 2.24) is 24.4 Å². The zero-order chi connectivity index (χ0) is 51.4. The quantitative estimate of drug-likeness (QED) is 0.0488. The first kappa shape index (κ1) is 61.9. The van der Waals surface area contributed by atoms with Crippen LogP contribution < -0.4 is 16.2 Å². The molecule has 3 heterocycles. The predicted molar refractivity (Wildman–Crippen MR) is 257 cm³/mol. The van der Waals surface area contributed by atoms with E-state index in [0.29, 0.717) is 117 Å². The van der Waals surface area contributed by atoms with Crippen molar-refractivity contribution in [2.45, 2.75) is 85.0 Å². The molecule has 0 spiro atoms. The van der Waals surface area contributed by atoms with Crippen molar-refractivity contribution in [2.75, 3.05) is 164 Å². The summed E-state index contributed by atoms with van der Waals surface area (Å²) < 4.78 is 89.6. The minimum atomic E-state index is -4.24. The lowest BCUT2D eigenvalue weighted by Gasteiger charge is -2.31. The van der Waals surface area contributed by atoms with Crippen LogP contribution in [-0.2, 0) is 81.9 Å². The Kier molecular flexibility index (Phi) is 33.3. The Morgan fingerprint density at radius 2 is 1.18 bits per heavy atom. The number of H-pyrrole nitrogens is 1. The molecule has 3 atom stereocenters. The van der Waals surface area contributed by atoms with Crippen LogP contribution in [0.1, 0.15) is 66.2 Å². The van der Waals surface area contributed by atoms with Gasteiger partial charge < -0.3 is 77.4 Å². The summed E-state index contributed by atoms with van der Waals surface area (Å²) >= 11 is 0. The molecule has 1 saturated heterocycles. The first-order valence-corrected chi connectivity index (χ1v) is 26.3. The Morgan fingerprint density at radius 3 is 1.68 bits per heavy atom. The van der Waals surface area contributed by atoms with Gasteiger partial charge in [-0.05, 0) is 45.2 Å². The summed E-state index contributed by atoms with van der Waals surface area (Å²) in [5.41, 5.74) is 6.65. The van der Waals surface area contributed by atoms with Gasteiger partial charge in [0.25, 0.3) is 0 Å². The van der Waals surface area contributed by atoms with E-state index in [4.69, 9.17) is 71.6 Å². The standard InChI is InChI=1S/C45H81N6O19P/c1-5-8-36(4)69-44-48-42(46)41-43(49-44)51(45(54)47-41)33-37-9-11-50(12-10-37)13-14-67-71(55,56)68-32-31-64-28-27-62-24-23-60-20-19-58-16-15-57-17-18-59-21-22-61-25-26-63-29-30-65-34-38(70-40(53)7-3)35-66-39(52)6-2/h36-38H,5-35H2,1-4H3,(H,47,54)(H,55,56)(H2,46,48,49)/t36-,38-/m0/s1. The molecule has 3 rings (SSSR count). The van der Waals surface area contributed by atoms with Crippen molar-refractivity contribution in [2.24, 2.45) is 5.92 Å². The smallest absolute Gasteiger partial charge is 0.462 e. The summed E-state index contributed by atoms with van der Waals surface area (Å²) in [6, 6.07) is 0.152. The van der Waals surface area contributed by atoms with E-state index in [1.807, 2.05) is 6.92 Å². The zero-order valence-electron chi connectivity index (χ0n) is 42.3. The predicted octanol–water partition coefficient (Wildman–Crippen LogP) is 2.54. The van der Waals surface area contributed by atoms with E-state index in [-0.39, 0.29) is 94.6 Å². The maximum Gasteiger partial charge on any atom is 0.472 e. The van der Waals surface area contributed by atoms with E-state index in [1.54, 1.807) is 18.4 Å². The van der Waals surface area contributed by atoms with Crippen LogP contribution in [0.2, 0.25) is 0 Å². The van der Waals surface area contributed by atoms with Gasteiger partial charge in [-0.15, -0.1) is 0 Å². The van der Waals surface area contributed by atoms with Crippen molar-refractivity contribution < 1.29 is 84.9 Å². The molecule has 1 fully saturated rings. The summed E-state index contributed by atoms with van der Waals surface area (Å²) in [4.78, 5) is 59.5. The van der Waals surface area contributed by atoms with Gasteiger partial charge in [0.15, 0.2) is 17.6 Å². The largest absolute Gasteiger partial charge is 0.472 e. The van der Waals surface area contributed by atoms with Gasteiger partial charge in [-0.1, -0.05) is 27.2 Å². The van der Waals surface area contributed by atoms with Gasteiger partial charge in [0.2, 0.25) is 0 Å². The number of imidazole rings is 1. The van der Waals surface area contributed by atoms with Crippen LogP contribution in [-0.4, -0.2) is 212 Å². The van der Waals surface area contributed by atoms with Crippen LogP contribution in [0.3, 0.4) is 0 Å². The number of carbonyl (C=O) groups excluding carboxylic acids is 2. The van der Waals surface area contributed by atoms with Crippen LogP contribution in [0.25, 0.3) is 11.2 Å². The number of phosphoric ester groups is 1. The summed E-state index contributed by atoms with van der Waals surface area (Å²) in [6.45, 7) is 16.0. The molecular weight excluding hydrogens is 959 g/mol. The highest BCUT2D eigenvalue weighted by molar-refractivity contribution is 7.47. The van der Waals surface area contributed by atoms with Crippen molar-refractivity contribution >= 4 is 36.7 Å². The molecule has 0 saturated carbocycles. The summed E-state index contributed by atoms with van der Waals surface area (Å²) in [7, 11) is -4.24. The number of anilines is 1.